The molecule has 1 aromatic heterocycles. The van der Waals surface area contributed by atoms with Crippen LogP contribution in [0.5, 0.6) is 5.75 Å². The van der Waals surface area contributed by atoms with Crippen LogP contribution in [-0.4, -0.2) is 30.2 Å². The average molecular weight is 353 g/mol. The van der Waals surface area contributed by atoms with E-state index < -0.39 is 5.82 Å². The molecule has 0 spiro atoms. The Morgan fingerprint density at radius 2 is 2.08 bits per heavy atom. The van der Waals surface area contributed by atoms with E-state index in [4.69, 9.17) is 9.47 Å². The molecule has 1 N–H and O–H groups in total. The normalized spacial score (nSPS) is 19.6. The van der Waals surface area contributed by atoms with Crippen molar-refractivity contribution >= 4 is 16.7 Å². The summed E-state index contributed by atoms with van der Waals surface area (Å²) in [5.74, 6) is 0.761. The molecule has 2 aromatic carbocycles. The molecule has 0 amide bonds. The summed E-state index contributed by atoms with van der Waals surface area (Å²) in [6, 6.07) is 13.2. The lowest BCUT2D eigenvalue weighted by Gasteiger charge is -2.20. The van der Waals surface area contributed by atoms with Gasteiger partial charge in [-0.25, -0.2) is 14.4 Å². The van der Waals surface area contributed by atoms with Crippen LogP contribution in [0.3, 0.4) is 0 Å². The molecule has 2 heterocycles. The lowest BCUT2D eigenvalue weighted by atomic mass is 9.95. The Balaban J connectivity index is 1.56. The number of methoxy groups -OCH3 is 1. The molecular weight excluding hydrogens is 333 g/mol. The summed E-state index contributed by atoms with van der Waals surface area (Å²) >= 11 is 0. The van der Waals surface area contributed by atoms with Crippen LogP contribution in [0, 0.1) is 11.7 Å². The van der Waals surface area contributed by atoms with Gasteiger partial charge < -0.3 is 14.8 Å². The van der Waals surface area contributed by atoms with Crippen molar-refractivity contribution in [2.75, 3.05) is 25.6 Å². The van der Waals surface area contributed by atoms with Crippen LogP contribution >= 0.6 is 0 Å². The topological polar surface area (TPSA) is 56.3 Å². The van der Waals surface area contributed by atoms with Crippen LogP contribution in [-0.2, 0) is 4.74 Å². The molecule has 1 fully saturated rings. The van der Waals surface area contributed by atoms with Crippen LogP contribution < -0.4 is 10.1 Å². The number of nitrogens with one attached hydrogen (secondary N) is 1. The standard InChI is InChI=1S/C20H20FN3O2/c1-25-18-9-15-17(10-16(18)21)23-12-24-20(15)22-11-14-7-8-26-19(14)13-5-3-2-4-6-13/h2-6,9-10,12,14,19H,7-8,11H2,1H3,(H,22,23,24)/t14-,19-/m0/s1. The highest BCUT2D eigenvalue weighted by molar-refractivity contribution is 5.90. The molecular formula is C20H20FN3O2. The van der Waals surface area contributed by atoms with Gasteiger partial charge in [0.1, 0.15) is 12.1 Å². The lowest BCUT2D eigenvalue weighted by Crippen LogP contribution is -2.18. The van der Waals surface area contributed by atoms with Gasteiger partial charge in [0.15, 0.2) is 11.6 Å². The third-order valence-electron chi connectivity index (χ3n) is 4.78. The fraction of sp³-hybridized carbons (Fsp3) is 0.300. The Morgan fingerprint density at radius 3 is 2.88 bits per heavy atom. The Labute approximate surface area is 151 Å². The average Bonchev–Trinajstić information content (AvgIpc) is 3.15. The zero-order valence-electron chi connectivity index (χ0n) is 14.5. The molecule has 26 heavy (non-hydrogen) atoms. The second-order valence-corrected chi connectivity index (χ2v) is 6.36. The molecule has 3 aromatic rings. The molecule has 6 heteroatoms. The first kappa shape index (κ1) is 16.7. The molecule has 0 radical (unpaired) electrons. The van der Waals surface area contributed by atoms with Crippen LogP contribution in [0.2, 0.25) is 0 Å². The summed E-state index contributed by atoms with van der Waals surface area (Å²) in [7, 11) is 1.45. The van der Waals surface area contributed by atoms with Crippen LogP contribution in [0.15, 0.2) is 48.8 Å². The summed E-state index contributed by atoms with van der Waals surface area (Å²) in [5, 5.41) is 4.13. The van der Waals surface area contributed by atoms with Gasteiger partial charge in [-0.1, -0.05) is 30.3 Å². The van der Waals surface area contributed by atoms with Crippen molar-refractivity contribution in [3.63, 3.8) is 0 Å². The summed E-state index contributed by atoms with van der Waals surface area (Å²) in [6.45, 7) is 1.46. The van der Waals surface area contributed by atoms with E-state index in [2.05, 4.69) is 27.4 Å². The highest BCUT2D eigenvalue weighted by Gasteiger charge is 2.29. The number of aromatic nitrogens is 2. The maximum Gasteiger partial charge on any atom is 0.167 e. The first-order valence-electron chi connectivity index (χ1n) is 8.65. The Bertz CT molecular complexity index is 904. The van der Waals surface area contributed by atoms with Gasteiger partial charge in [-0.3, -0.25) is 0 Å². The number of ether oxygens (including phenoxy) is 2. The van der Waals surface area contributed by atoms with Gasteiger partial charge >= 0.3 is 0 Å². The van der Waals surface area contributed by atoms with Gasteiger partial charge in [0, 0.05) is 30.5 Å². The maximum atomic E-state index is 13.9. The quantitative estimate of drug-likeness (QED) is 0.752. The highest BCUT2D eigenvalue weighted by atomic mass is 19.1. The predicted molar refractivity (Wildman–Crippen MR) is 97.8 cm³/mol. The number of hydrogen-bond donors (Lipinski definition) is 1. The molecule has 0 bridgehead atoms. The molecule has 1 aliphatic rings. The lowest BCUT2D eigenvalue weighted by molar-refractivity contribution is 0.0933. The monoisotopic (exact) mass is 353 g/mol. The summed E-state index contributed by atoms with van der Waals surface area (Å²) in [5.41, 5.74) is 1.73. The third-order valence-corrected chi connectivity index (χ3v) is 4.78. The second kappa shape index (κ2) is 7.25. The van der Waals surface area contributed by atoms with Gasteiger partial charge in [-0.15, -0.1) is 0 Å². The van der Waals surface area contributed by atoms with Gasteiger partial charge in [0.25, 0.3) is 0 Å². The summed E-state index contributed by atoms with van der Waals surface area (Å²) in [4.78, 5) is 8.48. The first-order chi connectivity index (χ1) is 12.8. The molecule has 0 unspecified atom stereocenters. The largest absolute Gasteiger partial charge is 0.494 e. The predicted octanol–water partition coefficient (Wildman–Crippen LogP) is 3.97. The van der Waals surface area contributed by atoms with Crippen molar-refractivity contribution < 1.29 is 13.9 Å². The van der Waals surface area contributed by atoms with Crippen molar-refractivity contribution in [1.29, 1.82) is 0 Å². The van der Waals surface area contributed by atoms with Crippen LogP contribution in [0.25, 0.3) is 10.9 Å². The minimum atomic E-state index is -0.432. The van der Waals surface area contributed by atoms with E-state index in [0.29, 0.717) is 23.8 Å². The van der Waals surface area contributed by atoms with E-state index in [1.54, 1.807) is 6.07 Å². The van der Waals surface area contributed by atoms with E-state index in [0.717, 1.165) is 18.4 Å². The van der Waals surface area contributed by atoms with Crippen molar-refractivity contribution in [2.24, 2.45) is 5.92 Å². The number of fused-ring (bicyclic) bond motifs is 1. The fourth-order valence-electron chi connectivity index (χ4n) is 3.44. The zero-order chi connectivity index (χ0) is 17.9. The number of benzene rings is 2. The van der Waals surface area contributed by atoms with Crippen molar-refractivity contribution in [2.45, 2.75) is 12.5 Å². The molecule has 2 atom stereocenters. The summed E-state index contributed by atoms with van der Waals surface area (Å²) in [6.07, 6.45) is 2.49. The first-order valence-corrected chi connectivity index (χ1v) is 8.65. The van der Waals surface area contributed by atoms with Crippen LogP contribution in [0.1, 0.15) is 18.1 Å². The number of halogens is 1. The zero-order valence-corrected chi connectivity index (χ0v) is 14.5. The van der Waals surface area contributed by atoms with E-state index >= 15 is 0 Å². The van der Waals surface area contributed by atoms with E-state index in [-0.39, 0.29) is 11.9 Å². The number of hydrogen-bond acceptors (Lipinski definition) is 5. The Kier molecular flexibility index (Phi) is 4.67. The second-order valence-electron chi connectivity index (χ2n) is 6.36. The highest BCUT2D eigenvalue weighted by Crippen LogP contribution is 2.35. The molecule has 1 saturated heterocycles. The fourth-order valence-corrected chi connectivity index (χ4v) is 3.44. The molecule has 5 nitrogen and oxygen atoms in total. The van der Waals surface area contributed by atoms with Gasteiger partial charge in [-0.2, -0.15) is 0 Å². The molecule has 1 aliphatic heterocycles. The van der Waals surface area contributed by atoms with Crippen molar-refractivity contribution in [3.05, 3.63) is 60.2 Å². The minimum Gasteiger partial charge on any atom is -0.494 e. The van der Waals surface area contributed by atoms with Gasteiger partial charge in [0.2, 0.25) is 0 Å². The minimum absolute atomic E-state index is 0.0729. The molecule has 134 valence electrons. The Morgan fingerprint density at radius 1 is 1.23 bits per heavy atom. The summed E-state index contributed by atoms with van der Waals surface area (Å²) < 4.78 is 24.9. The van der Waals surface area contributed by atoms with Crippen LogP contribution in [0.4, 0.5) is 10.2 Å². The molecule has 0 saturated carbocycles. The molecule has 0 aliphatic carbocycles. The van der Waals surface area contributed by atoms with Gasteiger partial charge in [-0.05, 0) is 18.1 Å². The van der Waals surface area contributed by atoms with Crippen molar-refractivity contribution in [1.82, 2.24) is 9.97 Å². The maximum absolute atomic E-state index is 13.9. The SMILES string of the molecule is COc1cc2c(NC[C@@H]3CCO[C@H]3c3ccccc3)ncnc2cc1F. The number of rotatable bonds is 5. The van der Waals surface area contributed by atoms with E-state index in [9.17, 15) is 4.39 Å². The molecule has 4 rings (SSSR count). The van der Waals surface area contributed by atoms with E-state index in [1.807, 2.05) is 18.2 Å². The third kappa shape index (κ3) is 3.20. The van der Waals surface area contributed by atoms with Gasteiger partial charge in [0.05, 0.1) is 18.7 Å². The van der Waals surface area contributed by atoms with E-state index in [1.165, 1.54) is 25.1 Å². The smallest absolute Gasteiger partial charge is 0.167 e. The Hall–Kier alpha value is -2.73. The number of anilines is 1. The van der Waals surface area contributed by atoms with Crippen molar-refractivity contribution in [3.8, 4) is 5.75 Å². The number of nitrogens with zero attached hydrogens (tertiary/aromatic N) is 2.